The molecule has 1 aromatic rings. The lowest BCUT2D eigenvalue weighted by Gasteiger charge is -2.25. The van der Waals surface area contributed by atoms with Crippen molar-refractivity contribution in [1.82, 2.24) is 0 Å². The predicted octanol–water partition coefficient (Wildman–Crippen LogP) is 4.36. The summed E-state index contributed by atoms with van der Waals surface area (Å²) in [5.41, 5.74) is 0.981. The minimum atomic E-state index is -4.50. The van der Waals surface area contributed by atoms with Crippen LogP contribution in [0.3, 0.4) is 0 Å². The number of unbranched alkanes of at least 4 members (excludes halogenated alkanes) is 1. The zero-order valence-electron chi connectivity index (χ0n) is 17.4. The maximum atomic E-state index is 13.3. The Labute approximate surface area is 179 Å². The molecule has 1 aliphatic heterocycles. The molecule has 1 saturated carbocycles. The molecule has 3 rings (SSSR count). The molecule has 2 aliphatic rings. The molecule has 0 radical (unpaired) electrons. The van der Waals surface area contributed by atoms with Crippen LogP contribution in [0.25, 0.3) is 0 Å². The standard InChI is InChI=1S/C23H29F3O5/c1-2-3-4-17(23(24,25)26)18(27)10-9-15-16-8-7-13-5-6-14(22(29)30)11-20(13)31-21(16)12-19(15)28/h5-6,9-11,15-19,21,27-28H,2-4,7-8,12H2,1H3,(H,29,30)/b10-9+/t15-,16-,17?,18?,19-,21+/m1/s1. The predicted molar refractivity (Wildman–Crippen MR) is 108 cm³/mol. The molecule has 5 nitrogen and oxygen atoms in total. The number of rotatable bonds is 7. The van der Waals surface area contributed by atoms with E-state index in [2.05, 4.69) is 0 Å². The van der Waals surface area contributed by atoms with E-state index < -0.39 is 36.2 Å². The van der Waals surface area contributed by atoms with Crippen LogP contribution in [-0.2, 0) is 6.42 Å². The third-order valence-corrected chi connectivity index (χ3v) is 6.46. The molecule has 0 saturated heterocycles. The van der Waals surface area contributed by atoms with E-state index in [0.29, 0.717) is 37.9 Å². The summed E-state index contributed by atoms with van der Waals surface area (Å²) >= 11 is 0. The molecule has 2 unspecified atom stereocenters. The zero-order valence-corrected chi connectivity index (χ0v) is 17.4. The fourth-order valence-electron chi connectivity index (χ4n) is 4.71. The molecule has 1 aromatic carbocycles. The second-order valence-corrected chi connectivity index (χ2v) is 8.53. The summed E-state index contributed by atoms with van der Waals surface area (Å²) in [6.07, 6.45) is -2.27. The summed E-state index contributed by atoms with van der Waals surface area (Å²) in [6.45, 7) is 1.80. The number of alkyl halides is 3. The summed E-state index contributed by atoms with van der Waals surface area (Å²) in [5.74, 6) is -2.99. The quantitative estimate of drug-likeness (QED) is 0.546. The number of carboxylic acid groups (broad SMARTS) is 1. The van der Waals surface area contributed by atoms with Gasteiger partial charge in [0.1, 0.15) is 11.9 Å². The first-order chi connectivity index (χ1) is 14.6. The minimum Gasteiger partial charge on any atom is -0.490 e. The van der Waals surface area contributed by atoms with Crippen molar-refractivity contribution in [2.45, 2.75) is 69.9 Å². The van der Waals surface area contributed by atoms with Gasteiger partial charge in [-0.25, -0.2) is 4.79 Å². The Morgan fingerprint density at radius 3 is 2.74 bits per heavy atom. The van der Waals surface area contributed by atoms with E-state index >= 15 is 0 Å². The Morgan fingerprint density at radius 2 is 2.10 bits per heavy atom. The second kappa shape index (κ2) is 9.61. The maximum absolute atomic E-state index is 13.3. The van der Waals surface area contributed by atoms with Crippen LogP contribution in [0.4, 0.5) is 13.2 Å². The van der Waals surface area contributed by atoms with Crippen LogP contribution >= 0.6 is 0 Å². The van der Waals surface area contributed by atoms with Crippen molar-refractivity contribution in [3.8, 4) is 5.75 Å². The fraction of sp³-hybridized carbons (Fsp3) is 0.609. The van der Waals surface area contributed by atoms with E-state index in [9.17, 15) is 33.3 Å². The van der Waals surface area contributed by atoms with Gasteiger partial charge in [0.15, 0.2) is 0 Å². The molecule has 1 fully saturated rings. The molecule has 8 heteroatoms. The van der Waals surface area contributed by atoms with Crippen LogP contribution in [0.5, 0.6) is 5.75 Å². The van der Waals surface area contributed by atoms with Gasteiger partial charge in [-0.1, -0.05) is 38.0 Å². The van der Waals surface area contributed by atoms with Gasteiger partial charge in [-0.15, -0.1) is 0 Å². The normalized spacial score (nSPS) is 27.8. The van der Waals surface area contributed by atoms with Gasteiger partial charge in [-0.05, 0) is 37.0 Å². The van der Waals surface area contributed by atoms with Gasteiger partial charge in [-0.3, -0.25) is 0 Å². The molecule has 172 valence electrons. The SMILES string of the molecule is CCCCC(C(O)/C=C/[C@@H]1[C@H]2CCc3ccc(C(=O)O)cc3O[C@H]2C[C@H]1O)C(F)(F)F. The highest BCUT2D eigenvalue weighted by Crippen LogP contribution is 2.43. The molecule has 1 aliphatic carbocycles. The molecule has 31 heavy (non-hydrogen) atoms. The first-order valence-electron chi connectivity index (χ1n) is 10.8. The monoisotopic (exact) mass is 442 g/mol. The van der Waals surface area contributed by atoms with Crippen LogP contribution in [0.2, 0.25) is 0 Å². The van der Waals surface area contributed by atoms with Gasteiger partial charge in [0.25, 0.3) is 0 Å². The highest BCUT2D eigenvalue weighted by atomic mass is 19.4. The number of fused-ring (bicyclic) bond motifs is 2. The van der Waals surface area contributed by atoms with Crippen molar-refractivity contribution < 1.29 is 38.0 Å². The number of aliphatic hydroxyl groups excluding tert-OH is 2. The average molecular weight is 442 g/mol. The lowest BCUT2D eigenvalue weighted by atomic mass is 9.87. The van der Waals surface area contributed by atoms with Crippen LogP contribution < -0.4 is 4.74 Å². The largest absolute Gasteiger partial charge is 0.490 e. The number of ether oxygens (including phenoxy) is 1. The number of aliphatic hydroxyl groups is 2. The highest BCUT2D eigenvalue weighted by molar-refractivity contribution is 5.88. The van der Waals surface area contributed by atoms with Crippen LogP contribution in [0.1, 0.15) is 54.9 Å². The summed E-state index contributed by atoms with van der Waals surface area (Å²) < 4.78 is 46.0. The Hall–Kier alpha value is -2.06. The molecule has 6 atom stereocenters. The summed E-state index contributed by atoms with van der Waals surface area (Å²) in [6, 6.07) is 4.70. The molecular weight excluding hydrogens is 413 g/mol. The van der Waals surface area contributed by atoms with E-state index in [0.717, 1.165) is 5.56 Å². The number of aromatic carboxylic acids is 1. The Kier molecular flexibility index (Phi) is 7.31. The topological polar surface area (TPSA) is 87.0 Å². The molecule has 0 amide bonds. The van der Waals surface area contributed by atoms with Gasteiger partial charge in [-0.2, -0.15) is 13.2 Å². The third kappa shape index (κ3) is 5.41. The Balaban J connectivity index is 1.74. The first-order valence-corrected chi connectivity index (χ1v) is 10.8. The number of carboxylic acids is 1. The van der Waals surface area contributed by atoms with Crippen LogP contribution in [0.15, 0.2) is 30.4 Å². The van der Waals surface area contributed by atoms with E-state index in [1.165, 1.54) is 24.3 Å². The first kappa shape index (κ1) is 23.6. The van der Waals surface area contributed by atoms with Gasteiger partial charge in [0.05, 0.1) is 23.7 Å². The van der Waals surface area contributed by atoms with E-state index in [1.807, 2.05) is 0 Å². The van der Waals surface area contributed by atoms with Gasteiger partial charge >= 0.3 is 12.1 Å². The average Bonchev–Trinajstić information content (AvgIpc) is 2.86. The highest BCUT2D eigenvalue weighted by Gasteiger charge is 2.45. The fourth-order valence-corrected chi connectivity index (χ4v) is 4.71. The van der Waals surface area contributed by atoms with Crippen LogP contribution in [0, 0.1) is 17.8 Å². The van der Waals surface area contributed by atoms with Crippen molar-refractivity contribution in [3.63, 3.8) is 0 Å². The van der Waals surface area contributed by atoms with Gasteiger partial charge in [0, 0.05) is 18.3 Å². The lowest BCUT2D eigenvalue weighted by Crippen LogP contribution is -2.33. The molecular formula is C23H29F3O5. The number of hydrogen-bond donors (Lipinski definition) is 3. The maximum Gasteiger partial charge on any atom is 0.394 e. The number of halogens is 3. The molecule has 3 N–H and O–H groups in total. The second-order valence-electron chi connectivity index (χ2n) is 8.53. The zero-order chi connectivity index (χ0) is 22.8. The van der Waals surface area contributed by atoms with Crippen molar-refractivity contribution in [3.05, 3.63) is 41.5 Å². The van der Waals surface area contributed by atoms with E-state index in [1.54, 1.807) is 13.0 Å². The number of aryl methyl sites for hydroxylation is 1. The lowest BCUT2D eigenvalue weighted by molar-refractivity contribution is -0.195. The summed E-state index contributed by atoms with van der Waals surface area (Å²) in [5, 5.41) is 29.9. The van der Waals surface area contributed by atoms with Crippen molar-refractivity contribution >= 4 is 5.97 Å². The third-order valence-electron chi connectivity index (χ3n) is 6.46. The smallest absolute Gasteiger partial charge is 0.394 e. The van der Waals surface area contributed by atoms with Crippen molar-refractivity contribution in [2.24, 2.45) is 17.8 Å². The summed E-state index contributed by atoms with van der Waals surface area (Å²) in [4.78, 5) is 11.2. The van der Waals surface area contributed by atoms with Crippen molar-refractivity contribution in [2.75, 3.05) is 0 Å². The van der Waals surface area contributed by atoms with Gasteiger partial charge < -0.3 is 20.1 Å². The molecule has 0 aromatic heterocycles. The number of carbonyl (C=O) groups is 1. The van der Waals surface area contributed by atoms with E-state index in [4.69, 9.17) is 4.74 Å². The molecule has 1 heterocycles. The minimum absolute atomic E-state index is 0.112. The Morgan fingerprint density at radius 1 is 1.35 bits per heavy atom. The number of benzene rings is 1. The molecule has 0 bridgehead atoms. The Bertz CT molecular complexity index is 807. The van der Waals surface area contributed by atoms with Crippen molar-refractivity contribution in [1.29, 1.82) is 0 Å². The number of hydrogen-bond acceptors (Lipinski definition) is 4. The summed E-state index contributed by atoms with van der Waals surface area (Å²) in [7, 11) is 0. The van der Waals surface area contributed by atoms with Crippen LogP contribution in [-0.4, -0.2) is 45.8 Å². The van der Waals surface area contributed by atoms with Gasteiger partial charge in [0.2, 0.25) is 0 Å². The van der Waals surface area contributed by atoms with E-state index in [-0.39, 0.29) is 24.0 Å². The molecule has 0 spiro atoms.